The van der Waals surface area contributed by atoms with Gasteiger partial charge in [-0.1, -0.05) is 24.5 Å². The molecule has 2 fully saturated rings. The minimum Gasteiger partial charge on any atom is -0.382 e. The molecule has 35 heavy (non-hydrogen) atoms. The first-order valence-corrected chi connectivity index (χ1v) is 12.4. The second-order valence-electron chi connectivity index (χ2n) is 9.35. The highest BCUT2D eigenvalue weighted by atomic mass is 19.1. The van der Waals surface area contributed by atoms with E-state index in [0.717, 1.165) is 58.5 Å². The zero-order valence-corrected chi connectivity index (χ0v) is 19.8. The van der Waals surface area contributed by atoms with Gasteiger partial charge in [0.15, 0.2) is 17.0 Å². The number of rotatable bonds is 5. The topological polar surface area (TPSA) is 102 Å². The molecule has 1 saturated carbocycles. The van der Waals surface area contributed by atoms with Crippen LogP contribution in [0.25, 0.3) is 22.6 Å². The molecule has 0 spiro atoms. The summed E-state index contributed by atoms with van der Waals surface area (Å²) in [7, 11) is 0. The fourth-order valence-corrected chi connectivity index (χ4v) is 4.85. The molecule has 0 atom stereocenters. The number of nitrogen functional groups attached to an aromatic ring is 1. The van der Waals surface area contributed by atoms with Crippen molar-refractivity contribution in [1.29, 1.82) is 0 Å². The molecule has 3 heterocycles. The number of ether oxygens (including phenoxy) is 1. The third kappa shape index (κ3) is 5.45. The summed E-state index contributed by atoms with van der Waals surface area (Å²) in [5.74, 6) is 6.68. The number of nitrogens with zero attached hydrogens (tertiary/aromatic N) is 5. The highest BCUT2D eigenvalue weighted by Crippen LogP contribution is 2.29. The summed E-state index contributed by atoms with van der Waals surface area (Å²) in [4.78, 5) is 16.1. The van der Waals surface area contributed by atoms with Crippen LogP contribution in [0.5, 0.6) is 0 Å². The van der Waals surface area contributed by atoms with E-state index in [1.807, 2.05) is 10.6 Å². The number of nitrogens with two attached hydrogens (primary N) is 1. The van der Waals surface area contributed by atoms with Crippen molar-refractivity contribution in [2.45, 2.75) is 50.7 Å². The zero-order chi connectivity index (χ0) is 24.3. The Bertz CT molecular complexity index is 1250. The Balaban J connectivity index is 1.50. The van der Waals surface area contributed by atoms with E-state index in [0.29, 0.717) is 41.9 Å². The third-order valence-corrected chi connectivity index (χ3v) is 6.75. The standard InChI is InChI=1S/C26H31FN6O2/c27-20-7-4-6-19(18-20)24-31-22-23(28)29-21(8-11-26(34)9-2-1-3-10-26)30-25(22)33(24)13-5-12-32-14-16-35-17-15-32/h4,6-7,18,34H,1-3,5,9-10,12-17H2,(H2,28,29,30). The molecule has 3 aromatic rings. The van der Waals surface area contributed by atoms with Crippen LogP contribution in [0.3, 0.4) is 0 Å². The van der Waals surface area contributed by atoms with E-state index in [-0.39, 0.29) is 17.5 Å². The Morgan fingerprint density at radius 3 is 2.66 bits per heavy atom. The highest BCUT2D eigenvalue weighted by molar-refractivity contribution is 5.85. The Morgan fingerprint density at radius 1 is 1.09 bits per heavy atom. The molecule has 9 heteroatoms. The normalized spacial score (nSPS) is 18.3. The lowest BCUT2D eigenvalue weighted by Crippen LogP contribution is -2.37. The number of imidazole rings is 1. The summed E-state index contributed by atoms with van der Waals surface area (Å²) in [5, 5.41) is 10.8. The number of benzene rings is 1. The molecule has 184 valence electrons. The molecule has 1 aromatic carbocycles. The van der Waals surface area contributed by atoms with Gasteiger partial charge in [-0.05, 0) is 50.2 Å². The van der Waals surface area contributed by atoms with Crippen LogP contribution in [0, 0.1) is 17.7 Å². The molecule has 0 bridgehead atoms. The van der Waals surface area contributed by atoms with E-state index in [1.54, 1.807) is 6.07 Å². The quantitative estimate of drug-likeness (QED) is 0.544. The number of fused-ring (bicyclic) bond motifs is 1. The van der Waals surface area contributed by atoms with Crippen LogP contribution in [0.2, 0.25) is 0 Å². The van der Waals surface area contributed by atoms with E-state index in [4.69, 9.17) is 15.5 Å². The van der Waals surface area contributed by atoms with Crippen molar-refractivity contribution < 1.29 is 14.2 Å². The van der Waals surface area contributed by atoms with E-state index in [2.05, 4.69) is 26.7 Å². The van der Waals surface area contributed by atoms with Crippen LogP contribution >= 0.6 is 0 Å². The molecule has 1 aliphatic carbocycles. The van der Waals surface area contributed by atoms with Crippen molar-refractivity contribution in [2.75, 3.05) is 38.6 Å². The Labute approximate surface area is 204 Å². The van der Waals surface area contributed by atoms with Crippen molar-refractivity contribution in [2.24, 2.45) is 0 Å². The molecule has 0 radical (unpaired) electrons. The summed E-state index contributed by atoms with van der Waals surface area (Å²) in [6.45, 7) is 4.87. The lowest BCUT2D eigenvalue weighted by Gasteiger charge is -2.26. The van der Waals surface area contributed by atoms with Crippen LogP contribution in [0.1, 0.15) is 44.3 Å². The smallest absolute Gasteiger partial charge is 0.209 e. The Hall–Kier alpha value is -3.06. The van der Waals surface area contributed by atoms with E-state index >= 15 is 0 Å². The van der Waals surface area contributed by atoms with Gasteiger partial charge in [0.05, 0.1) is 13.2 Å². The number of morpholine rings is 1. The summed E-state index contributed by atoms with van der Waals surface area (Å²) in [6, 6.07) is 6.36. The van der Waals surface area contributed by atoms with Gasteiger partial charge in [0.25, 0.3) is 0 Å². The first-order chi connectivity index (χ1) is 17.0. The fourth-order valence-electron chi connectivity index (χ4n) is 4.85. The molecular weight excluding hydrogens is 447 g/mol. The molecule has 8 nitrogen and oxygen atoms in total. The minimum absolute atomic E-state index is 0.222. The summed E-state index contributed by atoms with van der Waals surface area (Å²) in [6.07, 6.45) is 5.20. The van der Waals surface area contributed by atoms with Gasteiger partial charge in [-0.15, -0.1) is 0 Å². The first kappa shape index (κ1) is 23.7. The highest BCUT2D eigenvalue weighted by Gasteiger charge is 2.27. The molecule has 5 rings (SSSR count). The van der Waals surface area contributed by atoms with Crippen LogP contribution in [0.4, 0.5) is 10.2 Å². The first-order valence-electron chi connectivity index (χ1n) is 12.4. The maximum absolute atomic E-state index is 14.0. The summed E-state index contributed by atoms with van der Waals surface area (Å²) < 4.78 is 21.5. The average molecular weight is 479 g/mol. The molecule has 3 N–H and O–H groups in total. The van der Waals surface area contributed by atoms with E-state index in [9.17, 15) is 9.50 Å². The maximum atomic E-state index is 14.0. The number of hydrogen-bond donors (Lipinski definition) is 2. The SMILES string of the molecule is Nc1nc(C#CC2(O)CCCCC2)nc2c1nc(-c1cccc(F)c1)n2CCCN1CCOCC1. The average Bonchev–Trinajstić information content (AvgIpc) is 3.23. The van der Waals surface area contributed by atoms with E-state index < -0.39 is 5.60 Å². The second kappa shape index (κ2) is 10.3. The molecule has 2 aliphatic rings. The number of aromatic nitrogens is 4. The minimum atomic E-state index is -1.00. The van der Waals surface area contributed by atoms with Crippen molar-refractivity contribution in [3.05, 3.63) is 35.9 Å². The Kier molecular flexibility index (Phi) is 6.95. The molecule has 2 aromatic heterocycles. The van der Waals surface area contributed by atoms with Crippen LogP contribution in [-0.4, -0.2) is 68.0 Å². The molecule has 0 amide bonds. The lowest BCUT2D eigenvalue weighted by atomic mass is 9.85. The van der Waals surface area contributed by atoms with Crippen molar-refractivity contribution in [3.8, 4) is 23.2 Å². The van der Waals surface area contributed by atoms with E-state index in [1.165, 1.54) is 12.1 Å². The van der Waals surface area contributed by atoms with Gasteiger partial charge in [-0.2, -0.15) is 0 Å². The van der Waals surface area contributed by atoms with Gasteiger partial charge in [0.2, 0.25) is 5.82 Å². The second-order valence-corrected chi connectivity index (χ2v) is 9.35. The number of halogens is 1. The van der Waals surface area contributed by atoms with Crippen LogP contribution < -0.4 is 5.73 Å². The summed E-state index contributed by atoms with van der Waals surface area (Å²) >= 11 is 0. The predicted octanol–water partition coefficient (Wildman–Crippen LogP) is 2.98. The number of anilines is 1. The summed E-state index contributed by atoms with van der Waals surface area (Å²) in [5.41, 5.74) is 6.97. The monoisotopic (exact) mass is 478 g/mol. The predicted molar refractivity (Wildman–Crippen MR) is 132 cm³/mol. The van der Waals surface area contributed by atoms with Gasteiger partial charge in [-0.3, -0.25) is 4.90 Å². The molecule has 0 unspecified atom stereocenters. The van der Waals surface area contributed by atoms with Gasteiger partial charge in [-0.25, -0.2) is 19.3 Å². The maximum Gasteiger partial charge on any atom is 0.209 e. The van der Waals surface area contributed by atoms with Crippen molar-refractivity contribution >= 4 is 17.0 Å². The van der Waals surface area contributed by atoms with Crippen LogP contribution in [-0.2, 0) is 11.3 Å². The fraction of sp³-hybridized carbons (Fsp3) is 0.500. The number of aliphatic hydroxyl groups is 1. The van der Waals surface area contributed by atoms with Gasteiger partial charge >= 0.3 is 0 Å². The van der Waals surface area contributed by atoms with Gasteiger partial charge in [0.1, 0.15) is 17.2 Å². The number of hydrogen-bond acceptors (Lipinski definition) is 7. The molecular formula is C26H31FN6O2. The van der Waals surface area contributed by atoms with Crippen molar-refractivity contribution in [1.82, 2.24) is 24.4 Å². The molecule has 1 aliphatic heterocycles. The largest absolute Gasteiger partial charge is 0.382 e. The Morgan fingerprint density at radius 2 is 1.89 bits per heavy atom. The lowest BCUT2D eigenvalue weighted by molar-refractivity contribution is 0.0370. The van der Waals surface area contributed by atoms with Gasteiger partial charge in [0, 0.05) is 31.7 Å². The number of aryl methyl sites for hydroxylation is 1. The van der Waals surface area contributed by atoms with Crippen LogP contribution in [0.15, 0.2) is 24.3 Å². The van der Waals surface area contributed by atoms with Crippen molar-refractivity contribution in [3.63, 3.8) is 0 Å². The molecule has 1 saturated heterocycles. The third-order valence-electron chi connectivity index (χ3n) is 6.75. The zero-order valence-electron chi connectivity index (χ0n) is 19.8. The van der Waals surface area contributed by atoms with Gasteiger partial charge < -0.3 is 20.1 Å².